The largest absolute Gasteiger partial charge is 0.405 e. The van der Waals surface area contributed by atoms with Crippen molar-refractivity contribution in [2.24, 2.45) is 7.05 Å². The highest BCUT2D eigenvalue weighted by Gasteiger charge is 2.30. The molecule has 2 aromatic heterocycles. The van der Waals surface area contributed by atoms with E-state index in [1.54, 1.807) is 30.8 Å². The Morgan fingerprint density at radius 2 is 2.03 bits per heavy atom. The van der Waals surface area contributed by atoms with Crippen LogP contribution >= 0.6 is 0 Å². The highest BCUT2D eigenvalue weighted by molar-refractivity contribution is 5.96. The second kappa shape index (κ2) is 8.15. The van der Waals surface area contributed by atoms with Crippen LogP contribution in [0.25, 0.3) is 22.3 Å². The van der Waals surface area contributed by atoms with Gasteiger partial charge >= 0.3 is 6.18 Å². The lowest BCUT2D eigenvalue weighted by Gasteiger charge is -2.11. The number of H-pyrrole nitrogens is 1. The number of hydrogen-bond acceptors (Lipinski definition) is 5. The monoisotopic (exact) mass is 469 g/mol. The summed E-state index contributed by atoms with van der Waals surface area (Å²) in [6.45, 7) is 0.285. The summed E-state index contributed by atoms with van der Waals surface area (Å²) in [4.78, 5) is 16.7. The number of alkyl halides is 3. The van der Waals surface area contributed by atoms with Crippen LogP contribution in [-0.2, 0) is 7.05 Å². The van der Waals surface area contributed by atoms with E-state index in [0.717, 1.165) is 29.4 Å². The van der Waals surface area contributed by atoms with Gasteiger partial charge in [-0.2, -0.15) is 23.3 Å². The van der Waals surface area contributed by atoms with Crippen LogP contribution in [0.2, 0.25) is 0 Å². The third-order valence-corrected chi connectivity index (χ3v) is 5.84. The number of hydrogen-bond donors (Lipinski definition) is 3. The summed E-state index contributed by atoms with van der Waals surface area (Å²) in [6, 6.07) is 8.77. The van der Waals surface area contributed by atoms with Gasteiger partial charge < -0.3 is 10.6 Å². The van der Waals surface area contributed by atoms with Crippen LogP contribution in [-0.4, -0.2) is 43.6 Å². The van der Waals surface area contributed by atoms with Gasteiger partial charge in [-0.1, -0.05) is 6.07 Å². The number of aromatic nitrogens is 5. The van der Waals surface area contributed by atoms with Crippen molar-refractivity contribution in [3.05, 3.63) is 53.2 Å². The first kappa shape index (κ1) is 21.9. The van der Waals surface area contributed by atoms with E-state index in [9.17, 15) is 18.0 Å². The molecule has 0 aliphatic heterocycles. The zero-order valence-corrected chi connectivity index (χ0v) is 18.5. The third-order valence-electron chi connectivity index (χ3n) is 5.84. The Bertz CT molecular complexity index is 1390. The van der Waals surface area contributed by atoms with Crippen LogP contribution in [0.1, 0.15) is 40.2 Å². The Labute approximate surface area is 192 Å². The zero-order valence-electron chi connectivity index (χ0n) is 18.5. The van der Waals surface area contributed by atoms with Crippen LogP contribution in [0.3, 0.4) is 0 Å². The quantitative estimate of drug-likeness (QED) is 0.384. The Morgan fingerprint density at radius 1 is 1.24 bits per heavy atom. The molecular formula is C23H22F3N7O. The normalized spacial score (nSPS) is 13.9. The summed E-state index contributed by atoms with van der Waals surface area (Å²) in [5.41, 5.74) is 4.50. The van der Waals surface area contributed by atoms with Crippen molar-refractivity contribution < 1.29 is 18.0 Å². The van der Waals surface area contributed by atoms with E-state index in [1.165, 1.54) is 11.6 Å². The van der Waals surface area contributed by atoms with Crippen LogP contribution in [0.4, 0.5) is 24.8 Å². The molecule has 34 heavy (non-hydrogen) atoms. The molecule has 0 bridgehead atoms. The number of fused-ring (bicyclic) bond motifs is 1. The van der Waals surface area contributed by atoms with Gasteiger partial charge in [0.15, 0.2) is 5.82 Å². The summed E-state index contributed by atoms with van der Waals surface area (Å²) in [6.07, 6.45) is -0.367. The maximum absolute atomic E-state index is 12.4. The molecule has 0 atom stereocenters. The number of carbonyl (C=O) groups is 1. The standard InChI is InChI=1S/C23H22F3N7O/c1-12-9-14(5-6-15(12)21(34)27-11-23(24,25)26)20-30-22(33(2)32-20)29-18-8-7-17-16(10-28-31-17)19(18)13-3-4-13/h5-10,13H,3-4,11H2,1-2H3,(H,27,34)(H,28,31)(H,29,30,32). The number of benzene rings is 2. The minimum absolute atomic E-state index is 0.171. The van der Waals surface area contributed by atoms with Gasteiger partial charge in [-0.25, -0.2) is 4.68 Å². The van der Waals surface area contributed by atoms with Crippen molar-refractivity contribution >= 4 is 28.4 Å². The van der Waals surface area contributed by atoms with Crippen molar-refractivity contribution in [2.75, 3.05) is 11.9 Å². The van der Waals surface area contributed by atoms with Crippen LogP contribution in [0.15, 0.2) is 36.5 Å². The molecule has 0 unspecified atom stereocenters. The fourth-order valence-corrected chi connectivity index (χ4v) is 4.03. The third kappa shape index (κ3) is 4.33. The number of aryl methyl sites for hydroxylation is 2. The second-order valence-electron chi connectivity index (χ2n) is 8.47. The van der Waals surface area contributed by atoms with Crippen molar-refractivity contribution in [1.82, 2.24) is 30.3 Å². The molecule has 2 aromatic carbocycles. The van der Waals surface area contributed by atoms with Gasteiger partial charge in [0.2, 0.25) is 5.95 Å². The maximum Gasteiger partial charge on any atom is 0.405 e. The second-order valence-corrected chi connectivity index (χ2v) is 8.47. The molecule has 0 saturated heterocycles. The van der Waals surface area contributed by atoms with Gasteiger partial charge in [0.05, 0.1) is 11.7 Å². The molecule has 3 N–H and O–H groups in total. The Kier molecular flexibility index (Phi) is 5.26. The van der Waals surface area contributed by atoms with E-state index in [1.807, 2.05) is 23.6 Å². The highest BCUT2D eigenvalue weighted by atomic mass is 19.4. The molecule has 1 saturated carbocycles. The topological polar surface area (TPSA) is 101 Å². The van der Waals surface area contributed by atoms with E-state index >= 15 is 0 Å². The smallest absolute Gasteiger partial charge is 0.343 e. The maximum atomic E-state index is 12.4. The molecule has 1 amide bonds. The van der Waals surface area contributed by atoms with Crippen LogP contribution < -0.4 is 10.6 Å². The number of nitrogens with zero attached hydrogens (tertiary/aromatic N) is 4. The number of nitrogens with one attached hydrogen (secondary N) is 3. The Morgan fingerprint density at radius 3 is 2.74 bits per heavy atom. The lowest BCUT2D eigenvalue weighted by molar-refractivity contribution is -0.123. The summed E-state index contributed by atoms with van der Waals surface area (Å²) in [5.74, 6) is 0.687. The lowest BCUT2D eigenvalue weighted by atomic mass is 10.0. The molecule has 4 aromatic rings. The average molecular weight is 469 g/mol. The van der Waals surface area contributed by atoms with Gasteiger partial charge in [0.1, 0.15) is 6.54 Å². The number of halogens is 3. The molecule has 8 nitrogen and oxygen atoms in total. The molecule has 1 fully saturated rings. The number of carbonyl (C=O) groups excluding carboxylic acids is 1. The van der Waals surface area contributed by atoms with Crippen molar-refractivity contribution in [1.29, 1.82) is 0 Å². The molecule has 2 heterocycles. The molecule has 0 radical (unpaired) electrons. The Hall–Kier alpha value is -3.89. The first-order valence-electron chi connectivity index (χ1n) is 10.8. The van der Waals surface area contributed by atoms with Crippen LogP contribution in [0, 0.1) is 6.92 Å². The molecule has 5 rings (SSSR count). The minimum atomic E-state index is -4.47. The van der Waals surface area contributed by atoms with E-state index in [2.05, 4.69) is 25.6 Å². The molecular weight excluding hydrogens is 447 g/mol. The van der Waals surface area contributed by atoms with E-state index in [0.29, 0.717) is 28.8 Å². The average Bonchev–Trinajstić information content (AvgIpc) is 3.39. The molecule has 0 spiro atoms. The molecule has 11 heteroatoms. The molecule has 176 valence electrons. The number of anilines is 2. The predicted octanol–water partition coefficient (Wildman–Crippen LogP) is 4.58. The van der Waals surface area contributed by atoms with Gasteiger partial charge in [-0.15, -0.1) is 5.10 Å². The minimum Gasteiger partial charge on any atom is -0.343 e. The van der Waals surface area contributed by atoms with Crippen molar-refractivity contribution in [3.8, 4) is 11.4 Å². The fourth-order valence-electron chi connectivity index (χ4n) is 4.03. The van der Waals surface area contributed by atoms with E-state index in [-0.39, 0.29) is 5.56 Å². The van der Waals surface area contributed by atoms with Crippen LogP contribution in [0.5, 0.6) is 0 Å². The van der Waals surface area contributed by atoms with Gasteiger partial charge in [0, 0.05) is 29.2 Å². The first-order chi connectivity index (χ1) is 16.2. The predicted molar refractivity (Wildman–Crippen MR) is 121 cm³/mol. The number of rotatable bonds is 6. The van der Waals surface area contributed by atoms with Crippen molar-refractivity contribution in [2.45, 2.75) is 31.9 Å². The summed E-state index contributed by atoms with van der Waals surface area (Å²) in [7, 11) is 1.78. The number of amides is 1. The van der Waals surface area contributed by atoms with Gasteiger partial charge in [-0.3, -0.25) is 9.89 Å². The lowest BCUT2D eigenvalue weighted by Crippen LogP contribution is -2.34. The Balaban J connectivity index is 1.39. The molecule has 1 aliphatic rings. The summed E-state index contributed by atoms with van der Waals surface area (Å²) < 4.78 is 38.8. The summed E-state index contributed by atoms with van der Waals surface area (Å²) in [5, 5.41) is 18.0. The first-order valence-corrected chi connectivity index (χ1v) is 10.8. The van der Waals surface area contributed by atoms with E-state index < -0.39 is 18.6 Å². The fraction of sp³-hybridized carbons (Fsp3) is 0.304. The number of aromatic amines is 1. The summed E-state index contributed by atoms with van der Waals surface area (Å²) >= 11 is 0. The van der Waals surface area contributed by atoms with Gasteiger partial charge in [-0.05, 0) is 61.1 Å². The SMILES string of the molecule is Cc1cc(-c2nc(Nc3ccc4[nH]ncc4c3C3CC3)n(C)n2)ccc1C(=O)NCC(F)(F)F. The highest BCUT2D eigenvalue weighted by Crippen LogP contribution is 2.47. The molecule has 1 aliphatic carbocycles. The van der Waals surface area contributed by atoms with Crippen molar-refractivity contribution in [3.63, 3.8) is 0 Å². The van der Waals surface area contributed by atoms with Gasteiger partial charge in [0.25, 0.3) is 5.91 Å². The van der Waals surface area contributed by atoms with E-state index in [4.69, 9.17) is 0 Å². The zero-order chi connectivity index (χ0) is 24.0.